The lowest BCUT2D eigenvalue weighted by Crippen LogP contribution is -2.65. The molecule has 1 amide bonds. The van der Waals surface area contributed by atoms with Crippen molar-refractivity contribution < 1.29 is 64.6 Å². The molecule has 0 aliphatic carbocycles. The Morgan fingerprint density at radius 3 is 1.42 bits per heavy atom. The molecular formula is C48H91NO13. The van der Waals surface area contributed by atoms with E-state index in [1.165, 1.54) is 154 Å². The molecule has 0 aromatic rings. The predicted molar refractivity (Wildman–Crippen MR) is 240 cm³/mol. The van der Waals surface area contributed by atoms with E-state index in [9.17, 15) is 45.6 Å². The number of aliphatic hydroxyl groups is 8. The highest BCUT2D eigenvalue weighted by Crippen LogP contribution is 2.30. The van der Waals surface area contributed by atoms with Crippen molar-refractivity contribution in [2.75, 3.05) is 19.8 Å². The number of rotatable bonds is 38. The summed E-state index contributed by atoms with van der Waals surface area (Å²) in [6.45, 7) is 2.23. The molecule has 366 valence electrons. The smallest absolute Gasteiger partial charge is 0.220 e. The van der Waals surface area contributed by atoms with E-state index in [4.69, 9.17) is 18.9 Å². The lowest BCUT2D eigenvalue weighted by molar-refractivity contribution is -0.359. The van der Waals surface area contributed by atoms with Crippen molar-refractivity contribution in [3.63, 3.8) is 0 Å². The SMILES string of the molecule is CCCCCCCCCCCCCCCCCCCCCCCCCCCC/C=C/C(O)C(COC1OC(CO)C(OC2OC(CO)C(O)C(O)C2O)C(O)C1O)NC(=O)CC. The van der Waals surface area contributed by atoms with E-state index >= 15 is 0 Å². The van der Waals surface area contributed by atoms with E-state index in [0.717, 1.165) is 19.3 Å². The van der Waals surface area contributed by atoms with Crippen LogP contribution in [0.3, 0.4) is 0 Å². The molecule has 0 aromatic heterocycles. The first kappa shape index (κ1) is 56.9. The molecule has 2 fully saturated rings. The van der Waals surface area contributed by atoms with Gasteiger partial charge >= 0.3 is 0 Å². The van der Waals surface area contributed by atoms with Gasteiger partial charge in [0.05, 0.1) is 32.0 Å². The van der Waals surface area contributed by atoms with Crippen LogP contribution in [0.15, 0.2) is 12.2 Å². The molecule has 12 atom stereocenters. The Morgan fingerprint density at radius 2 is 0.984 bits per heavy atom. The third kappa shape index (κ3) is 23.3. The van der Waals surface area contributed by atoms with E-state index in [2.05, 4.69) is 12.2 Å². The number of allylic oxidation sites excluding steroid dienone is 1. The molecule has 0 aromatic carbocycles. The molecule has 2 rings (SSSR count). The Morgan fingerprint density at radius 1 is 0.565 bits per heavy atom. The van der Waals surface area contributed by atoms with E-state index in [1.807, 2.05) is 6.08 Å². The zero-order chi connectivity index (χ0) is 45.4. The van der Waals surface area contributed by atoms with Crippen LogP contribution in [0.5, 0.6) is 0 Å². The number of carbonyl (C=O) groups is 1. The van der Waals surface area contributed by atoms with Crippen molar-refractivity contribution in [3.8, 4) is 0 Å². The number of nitrogens with one attached hydrogen (secondary N) is 1. The van der Waals surface area contributed by atoms with Crippen LogP contribution in [0, 0.1) is 0 Å². The summed E-state index contributed by atoms with van der Waals surface area (Å²) >= 11 is 0. The number of hydrogen-bond donors (Lipinski definition) is 9. The van der Waals surface area contributed by atoms with Crippen LogP contribution in [-0.2, 0) is 23.7 Å². The molecule has 0 radical (unpaired) electrons. The normalized spacial score (nSPS) is 27.8. The highest BCUT2D eigenvalue weighted by molar-refractivity contribution is 5.75. The van der Waals surface area contributed by atoms with E-state index in [-0.39, 0.29) is 18.9 Å². The van der Waals surface area contributed by atoms with Crippen LogP contribution in [0.25, 0.3) is 0 Å². The van der Waals surface area contributed by atoms with Crippen molar-refractivity contribution >= 4 is 5.91 Å². The van der Waals surface area contributed by atoms with Gasteiger partial charge in [0.25, 0.3) is 0 Å². The van der Waals surface area contributed by atoms with Crippen molar-refractivity contribution in [2.24, 2.45) is 0 Å². The van der Waals surface area contributed by atoms with Gasteiger partial charge in [-0.2, -0.15) is 0 Å². The van der Waals surface area contributed by atoms with Gasteiger partial charge in [-0.25, -0.2) is 0 Å². The zero-order valence-corrected chi connectivity index (χ0v) is 38.6. The summed E-state index contributed by atoms with van der Waals surface area (Å²) in [7, 11) is 0. The molecule has 0 saturated carbocycles. The van der Waals surface area contributed by atoms with Crippen molar-refractivity contribution in [3.05, 3.63) is 12.2 Å². The fourth-order valence-corrected chi connectivity index (χ4v) is 8.37. The molecule has 9 N–H and O–H groups in total. The van der Waals surface area contributed by atoms with Crippen molar-refractivity contribution in [1.82, 2.24) is 5.32 Å². The average Bonchev–Trinajstić information content (AvgIpc) is 3.27. The summed E-state index contributed by atoms with van der Waals surface area (Å²) in [5.41, 5.74) is 0. The molecule has 2 aliphatic heterocycles. The summed E-state index contributed by atoms with van der Waals surface area (Å²) in [4.78, 5) is 12.3. The van der Waals surface area contributed by atoms with Gasteiger partial charge in [0, 0.05) is 6.42 Å². The Balaban J connectivity index is 1.53. The third-order valence-corrected chi connectivity index (χ3v) is 12.5. The number of ether oxygens (including phenoxy) is 4. The average molecular weight is 890 g/mol. The lowest BCUT2D eigenvalue weighted by atomic mass is 9.97. The first-order valence-electron chi connectivity index (χ1n) is 24.9. The second kappa shape index (κ2) is 35.9. The molecule has 2 heterocycles. The van der Waals surface area contributed by atoms with Crippen molar-refractivity contribution in [1.29, 1.82) is 0 Å². The third-order valence-electron chi connectivity index (χ3n) is 12.5. The van der Waals surface area contributed by atoms with Crippen LogP contribution in [0.1, 0.15) is 194 Å². The second-order valence-electron chi connectivity index (χ2n) is 17.9. The molecular weight excluding hydrogens is 799 g/mol. The second-order valence-corrected chi connectivity index (χ2v) is 17.9. The number of hydrogen-bond acceptors (Lipinski definition) is 13. The molecule has 0 bridgehead atoms. The van der Waals surface area contributed by atoms with Gasteiger partial charge in [-0.05, 0) is 12.8 Å². The van der Waals surface area contributed by atoms with E-state index in [1.54, 1.807) is 13.0 Å². The van der Waals surface area contributed by atoms with E-state index < -0.39 is 86.8 Å². The minimum atomic E-state index is -1.78. The first-order chi connectivity index (χ1) is 30.1. The molecule has 12 unspecified atom stereocenters. The Kier molecular flexibility index (Phi) is 32.9. The number of carbonyl (C=O) groups excluding carboxylic acids is 1. The van der Waals surface area contributed by atoms with Crippen LogP contribution in [-0.4, -0.2) is 140 Å². The van der Waals surface area contributed by atoms with Crippen molar-refractivity contribution in [2.45, 2.75) is 267 Å². The maximum atomic E-state index is 12.3. The number of aliphatic hydroxyl groups excluding tert-OH is 8. The quantitative estimate of drug-likeness (QED) is 0.0257. The standard InChI is InChI=1S/C48H91NO13/c1-3-5-6-7-8-9-10-11-12-13-14-15-16-17-18-19-20-21-22-23-24-25-26-27-28-29-30-31-32-37(52)36(49-40(53)4-2)35-59-47-45(58)43(56)46(39(34-51)61-47)62-48-44(57)42(55)41(54)38(33-50)60-48/h31-32,36-39,41-48,50-52,54-58H,3-30,33-35H2,1-2H3,(H,49,53)/b32-31+. The number of unbranched alkanes of at least 4 members (excludes halogenated alkanes) is 26. The van der Waals surface area contributed by atoms with Crippen LogP contribution < -0.4 is 5.32 Å². The topological polar surface area (TPSA) is 228 Å². The minimum Gasteiger partial charge on any atom is -0.394 e. The maximum Gasteiger partial charge on any atom is 0.220 e. The summed E-state index contributed by atoms with van der Waals surface area (Å²) in [5.74, 6) is -0.326. The monoisotopic (exact) mass is 890 g/mol. The molecule has 62 heavy (non-hydrogen) atoms. The Bertz CT molecular complexity index is 1100. The summed E-state index contributed by atoms with van der Waals surface area (Å²) < 4.78 is 22.3. The van der Waals surface area contributed by atoms with Gasteiger partial charge in [-0.1, -0.05) is 187 Å². The van der Waals surface area contributed by atoms with Gasteiger partial charge in [-0.3, -0.25) is 4.79 Å². The van der Waals surface area contributed by atoms with Gasteiger partial charge in [0.15, 0.2) is 12.6 Å². The molecule has 0 spiro atoms. The van der Waals surface area contributed by atoms with Crippen LogP contribution in [0.4, 0.5) is 0 Å². The fraction of sp³-hybridized carbons (Fsp3) is 0.938. The minimum absolute atomic E-state index is 0.164. The fourth-order valence-electron chi connectivity index (χ4n) is 8.37. The Labute approximate surface area is 374 Å². The van der Waals surface area contributed by atoms with Crippen LogP contribution in [0.2, 0.25) is 0 Å². The summed E-state index contributed by atoms with van der Waals surface area (Å²) in [6.07, 6.45) is 22.7. The van der Waals surface area contributed by atoms with E-state index in [0.29, 0.717) is 0 Å². The lowest BCUT2D eigenvalue weighted by Gasteiger charge is -2.46. The highest BCUT2D eigenvalue weighted by atomic mass is 16.7. The van der Waals surface area contributed by atoms with Gasteiger partial charge in [-0.15, -0.1) is 0 Å². The molecule has 2 aliphatic rings. The van der Waals surface area contributed by atoms with Crippen LogP contribution >= 0.6 is 0 Å². The highest BCUT2D eigenvalue weighted by Gasteiger charge is 2.51. The van der Waals surface area contributed by atoms with Gasteiger partial charge in [0.2, 0.25) is 5.91 Å². The summed E-state index contributed by atoms with van der Waals surface area (Å²) in [6, 6.07) is -0.906. The number of amides is 1. The maximum absolute atomic E-state index is 12.3. The molecule has 14 nitrogen and oxygen atoms in total. The summed E-state index contributed by atoms with van der Waals surface area (Å²) in [5, 5.41) is 85.4. The Hall–Kier alpha value is -1.27. The zero-order valence-electron chi connectivity index (χ0n) is 38.6. The molecule has 14 heteroatoms. The largest absolute Gasteiger partial charge is 0.394 e. The predicted octanol–water partition coefficient (Wildman–Crippen LogP) is 5.99. The molecule has 2 saturated heterocycles. The van der Waals surface area contributed by atoms with Gasteiger partial charge < -0.3 is 65.1 Å². The first-order valence-corrected chi connectivity index (χ1v) is 24.9. The van der Waals surface area contributed by atoms with Gasteiger partial charge in [0.1, 0.15) is 48.8 Å².